The number of rotatable bonds is 2. The fourth-order valence-corrected chi connectivity index (χ4v) is 2.40. The molecule has 1 heterocycles. The van der Waals surface area contributed by atoms with E-state index in [1.165, 1.54) is 25.7 Å². The molecule has 94 valence electrons. The lowest BCUT2D eigenvalue weighted by atomic mass is 9.99. The molecule has 0 bridgehead atoms. The van der Waals surface area contributed by atoms with Crippen molar-refractivity contribution in [2.75, 3.05) is 5.43 Å². The molecule has 17 heavy (non-hydrogen) atoms. The summed E-state index contributed by atoms with van der Waals surface area (Å²) in [7, 11) is 0. The van der Waals surface area contributed by atoms with Gasteiger partial charge in [0.2, 0.25) is 0 Å². The van der Waals surface area contributed by atoms with Gasteiger partial charge >= 0.3 is 0 Å². The average Bonchev–Trinajstić information content (AvgIpc) is 2.61. The maximum atomic E-state index is 13.6. The lowest BCUT2D eigenvalue weighted by Gasteiger charge is -2.14. The third-order valence-electron chi connectivity index (χ3n) is 3.39. The first-order valence-electron chi connectivity index (χ1n) is 6.23. The molecule has 5 heteroatoms. The lowest BCUT2D eigenvalue weighted by molar-refractivity contribution is 0.542. The van der Waals surface area contributed by atoms with Crippen molar-refractivity contribution in [2.24, 2.45) is 5.84 Å². The number of nitrogens with one attached hydrogen (secondary N) is 1. The van der Waals surface area contributed by atoms with E-state index in [9.17, 15) is 4.39 Å². The van der Waals surface area contributed by atoms with Gasteiger partial charge in [-0.2, -0.15) is 0 Å². The van der Waals surface area contributed by atoms with Crippen molar-refractivity contribution in [1.29, 1.82) is 0 Å². The quantitative estimate of drug-likeness (QED) is 0.472. The van der Waals surface area contributed by atoms with Crippen molar-refractivity contribution in [3.8, 4) is 0 Å². The highest BCUT2D eigenvalue weighted by atomic mass is 19.1. The first-order valence-corrected chi connectivity index (χ1v) is 6.23. The molecule has 0 radical (unpaired) electrons. The first-order chi connectivity index (χ1) is 8.22. The van der Waals surface area contributed by atoms with Gasteiger partial charge in [0, 0.05) is 5.92 Å². The van der Waals surface area contributed by atoms with E-state index in [0.717, 1.165) is 18.7 Å². The van der Waals surface area contributed by atoms with Gasteiger partial charge in [-0.1, -0.05) is 25.7 Å². The fourth-order valence-electron chi connectivity index (χ4n) is 2.40. The molecule has 0 saturated heterocycles. The van der Waals surface area contributed by atoms with E-state index in [0.29, 0.717) is 11.6 Å². The minimum absolute atomic E-state index is 0.108. The molecule has 4 nitrogen and oxygen atoms in total. The van der Waals surface area contributed by atoms with Crippen LogP contribution in [0.5, 0.6) is 0 Å². The van der Waals surface area contributed by atoms with Crippen LogP contribution in [0.1, 0.15) is 56.0 Å². The van der Waals surface area contributed by atoms with Crippen LogP contribution >= 0.6 is 0 Å². The lowest BCUT2D eigenvalue weighted by Crippen LogP contribution is -2.15. The second-order valence-corrected chi connectivity index (χ2v) is 4.66. The summed E-state index contributed by atoms with van der Waals surface area (Å²) in [5.74, 6) is 6.01. The van der Waals surface area contributed by atoms with E-state index in [1.54, 1.807) is 6.92 Å². The van der Waals surface area contributed by atoms with E-state index in [1.807, 2.05) is 0 Å². The summed E-state index contributed by atoms with van der Waals surface area (Å²) in [4.78, 5) is 8.46. The van der Waals surface area contributed by atoms with Crippen LogP contribution in [0.3, 0.4) is 0 Å². The van der Waals surface area contributed by atoms with Crippen molar-refractivity contribution >= 4 is 5.82 Å². The van der Waals surface area contributed by atoms with Gasteiger partial charge in [-0.3, -0.25) is 0 Å². The molecule has 0 aromatic carbocycles. The minimum atomic E-state index is -0.454. The standard InChI is InChI=1S/C12H19FN4/c1-8-10(13)12(17-14)16-11(15-8)9-6-4-2-3-5-7-9/h9H,2-7,14H2,1H3,(H,15,16,17). The second kappa shape index (κ2) is 5.40. The molecule has 0 spiro atoms. The Bertz CT molecular complexity index is 386. The van der Waals surface area contributed by atoms with E-state index >= 15 is 0 Å². The molecule has 2 rings (SSSR count). The summed E-state index contributed by atoms with van der Waals surface area (Å²) in [6.45, 7) is 1.65. The van der Waals surface area contributed by atoms with Crippen LogP contribution in [0.4, 0.5) is 10.2 Å². The molecule has 0 atom stereocenters. The van der Waals surface area contributed by atoms with E-state index in [-0.39, 0.29) is 5.82 Å². The van der Waals surface area contributed by atoms with Crippen molar-refractivity contribution in [1.82, 2.24) is 9.97 Å². The molecule has 1 fully saturated rings. The SMILES string of the molecule is Cc1nc(C2CCCCCC2)nc(NN)c1F. The van der Waals surface area contributed by atoms with Gasteiger partial charge in [0.05, 0.1) is 5.69 Å². The van der Waals surface area contributed by atoms with E-state index < -0.39 is 5.82 Å². The monoisotopic (exact) mass is 238 g/mol. The molecule has 1 aromatic rings. The van der Waals surface area contributed by atoms with Gasteiger partial charge in [0.15, 0.2) is 11.6 Å². The highest BCUT2D eigenvalue weighted by molar-refractivity contribution is 5.37. The molecule has 1 aliphatic carbocycles. The molecule has 1 saturated carbocycles. The highest BCUT2D eigenvalue weighted by Gasteiger charge is 2.20. The summed E-state index contributed by atoms with van der Waals surface area (Å²) in [6.07, 6.45) is 7.15. The van der Waals surface area contributed by atoms with Gasteiger partial charge in [-0.25, -0.2) is 20.2 Å². The van der Waals surface area contributed by atoms with Crippen molar-refractivity contribution in [3.63, 3.8) is 0 Å². The van der Waals surface area contributed by atoms with Crippen LogP contribution in [0, 0.1) is 12.7 Å². The Morgan fingerprint density at radius 3 is 2.41 bits per heavy atom. The van der Waals surface area contributed by atoms with Crippen molar-refractivity contribution in [3.05, 3.63) is 17.3 Å². The Labute approximate surface area is 101 Å². The summed E-state index contributed by atoms with van der Waals surface area (Å²) in [5, 5.41) is 0. The third kappa shape index (κ3) is 2.72. The zero-order valence-electron chi connectivity index (χ0n) is 10.2. The Morgan fingerprint density at radius 2 is 1.82 bits per heavy atom. The van der Waals surface area contributed by atoms with Crippen LogP contribution in [0.15, 0.2) is 0 Å². The second-order valence-electron chi connectivity index (χ2n) is 4.66. The average molecular weight is 238 g/mol. The number of hydrazine groups is 1. The van der Waals surface area contributed by atoms with Gasteiger partial charge in [-0.05, 0) is 19.8 Å². The van der Waals surface area contributed by atoms with Gasteiger partial charge in [0.1, 0.15) is 5.82 Å². The zero-order chi connectivity index (χ0) is 12.3. The number of anilines is 1. The molecule has 0 amide bonds. The molecular formula is C12H19FN4. The van der Waals surface area contributed by atoms with Crippen LogP contribution in [0.25, 0.3) is 0 Å². The Balaban J connectivity index is 2.27. The largest absolute Gasteiger partial charge is 0.306 e. The Hall–Kier alpha value is -1.23. The van der Waals surface area contributed by atoms with Crippen LogP contribution in [-0.4, -0.2) is 9.97 Å². The Kier molecular flexibility index (Phi) is 3.89. The molecule has 0 unspecified atom stereocenters. The zero-order valence-corrected chi connectivity index (χ0v) is 10.2. The number of aryl methyl sites for hydroxylation is 1. The number of aromatic nitrogens is 2. The topological polar surface area (TPSA) is 63.8 Å². The number of hydrogen-bond donors (Lipinski definition) is 2. The summed E-state index contributed by atoms with van der Waals surface area (Å²) < 4.78 is 13.6. The predicted octanol–water partition coefficient (Wildman–Crippen LogP) is 2.65. The molecule has 3 N–H and O–H groups in total. The smallest absolute Gasteiger partial charge is 0.187 e. The maximum absolute atomic E-state index is 13.6. The van der Waals surface area contributed by atoms with Gasteiger partial charge in [0.25, 0.3) is 0 Å². The molecular weight excluding hydrogens is 219 g/mol. The molecule has 1 aromatic heterocycles. The van der Waals surface area contributed by atoms with E-state index in [4.69, 9.17) is 5.84 Å². The van der Waals surface area contributed by atoms with Crippen LogP contribution in [-0.2, 0) is 0 Å². The Morgan fingerprint density at radius 1 is 1.18 bits per heavy atom. The normalized spacial score (nSPS) is 17.8. The van der Waals surface area contributed by atoms with E-state index in [2.05, 4.69) is 15.4 Å². The summed E-state index contributed by atoms with van der Waals surface area (Å²) in [6, 6.07) is 0. The van der Waals surface area contributed by atoms with Crippen LogP contribution in [0.2, 0.25) is 0 Å². The summed E-state index contributed by atoms with van der Waals surface area (Å²) in [5.41, 5.74) is 2.67. The number of nitrogens with two attached hydrogens (primary N) is 1. The third-order valence-corrected chi connectivity index (χ3v) is 3.39. The predicted molar refractivity (Wildman–Crippen MR) is 65.0 cm³/mol. The fraction of sp³-hybridized carbons (Fsp3) is 0.667. The van der Waals surface area contributed by atoms with Gasteiger partial charge < -0.3 is 5.43 Å². The minimum Gasteiger partial charge on any atom is -0.306 e. The maximum Gasteiger partial charge on any atom is 0.187 e. The summed E-state index contributed by atoms with van der Waals surface area (Å²) >= 11 is 0. The first kappa shape index (κ1) is 12.2. The number of hydrogen-bond acceptors (Lipinski definition) is 4. The van der Waals surface area contributed by atoms with Crippen LogP contribution < -0.4 is 11.3 Å². The van der Waals surface area contributed by atoms with Crippen molar-refractivity contribution in [2.45, 2.75) is 51.4 Å². The number of nitrogens with zero attached hydrogens (tertiary/aromatic N) is 2. The highest BCUT2D eigenvalue weighted by Crippen LogP contribution is 2.30. The van der Waals surface area contributed by atoms with Gasteiger partial charge in [-0.15, -0.1) is 0 Å². The number of halogens is 1. The number of nitrogen functional groups attached to an aromatic ring is 1. The molecule has 1 aliphatic rings. The molecule has 0 aliphatic heterocycles. The van der Waals surface area contributed by atoms with Crippen molar-refractivity contribution < 1.29 is 4.39 Å².